The van der Waals surface area contributed by atoms with Crippen molar-refractivity contribution < 1.29 is 5.11 Å². The fourth-order valence-corrected chi connectivity index (χ4v) is 2.14. The Labute approximate surface area is 107 Å². The van der Waals surface area contributed by atoms with Crippen molar-refractivity contribution >= 4 is 17.2 Å². The summed E-state index contributed by atoms with van der Waals surface area (Å²) < 4.78 is 0. The zero-order chi connectivity index (χ0) is 12.3. The van der Waals surface area contributed by atoms with E-state index >= 15 is 0 Å². The number of nitrogens with two attached hydrogens (primary N) is 1. The highest BCUT2D eigenvalue weighted by Crippen LogP contribution is 2.28. The second-order valence-corrected chi connectivity index (χ2v) is 4.93. The number of benzene rings is 1. The van der Waals surface area contributed by atoms with Crippen molar-refractivity contribution in [1.82, 2.24) is 4.90 Å². The van der Waals surface area contributed by atoms with Crippen LogP contribution in [0.2, 0.25) is 0 Å². The van der Waals surface area contributed by atoms with Crippen LogP contribution >= 0.6 is 12.2 Å². The summed E-state index contributed by atoms with van der Waals surface area (Å²) in [7, 11) is 0. The molecule has 4 heteroatoms. The molecule has 1 aliphatic rings. The van der Waals surface area contributed by atoms with Gasteiger partial charge in [-0.05, 0) is 24.5 Å². The van der Waals surface area contributed by atoms with E-state index in [9.17, 15) is 0 Å². The van der Waals surface area contributed by atoms with E-state index in [-0.39, 0.29) is 6.61 Å². The van der Waals surface area contributed by atoms with Crippen LogP contribution in [0.1, 0.15) is 24.0 Å². The van der Waals surface area contributed by atoms with Gasteiger partial charge in [0.15, 0.2) is 0 Å². The molecule has 1 fully saturated rings. The fraction of sp³-hybridized carbons (Fsp3) is 0.462. The van der Waals surface area contributed by atoms with Gasteiger partial charge < -0.3 is 10.8 Å². The average Bonchev–Trinajstić information content (AvgIpc) is 3.13. The second kappa shape index (κ2) is 5.58. The molecule has 0 bridgehead atoms. The van der Waals surface area contributed by atoms with E-state index in [1.54, 1.807) is 0 Å². The second-order valence-electron chi connectivity index (χ2n) is 4.49. The summed E-state index contributed by atoms with van der Waals surface area (Å²) in [6, 6.07) is 8.67. The van der Waals surface area contributed by atoms with Gasteiger partial charge in [-0.15, -0.1) is 0 Å². The molecule has 0 spiro atoms. The quantitative estimate of drug-likeness (QED) is 0.747. The topological polar surface area (TPSA) is 49.5 Å². The van der Waals surface area contributed by atoms with Gasteiger partial charge in [-0.1, -0.05) is 30.4 Å². The molecule has 0 amide bonds. The SMILES string of the molecule is NC(=S)c1cccc(CN(CCO)C2CC2)c1. The molecule has 0 atom stereocenters. The van der Waals surface area contributed by atoms with Gasteiger partial charge in [0.25, 0.3) is 0 Å². The molecular weight excluding hydrogens is 232 g/mol. The molecule has 1 aliphatic carbocycles. The number of hydrogen-bond acceptors (Lipinski definition) is 3. The highest BCUT2D eigenvalue weighted by molar-refractivity contribution is 7.80. The molecule has 3 nitrogen and oxygen atoms in total. The molecule has 1 aromatic carbocycles. The van der Waals surface area contributed by atoms with Crippen LogP contribution < -0.4 is 5.73 Å². The Morgan fingerprint density at radius 1 is 1.47 bits per heavy atom. The predicted molar refractivity (Wildman–Crippen MR) is 72.8 cm³/mol. The molecule has 0 aliphatic heterocycles. The molecular formula is C13H18N2OS. The Morgan fingerprint density at radius 3 is 2.82 bits per heavy atom. The molecule has 0 saturated heterocycles. The Balaban J connectivity index is 2.05. The number of aliphatic hydroxyl groups is 1. The van der Waals surface area contributed by atoms with Crippen LogP contribution in [0.5, 0.6) is 0 Å². The summed E-state index contributed by atoms with van der Waals surface area (Å²) in [4.78, 5) is 2.76. The smallest absolute Gasteiger partial charge is 0.103 e. The van der Waals surface area contributed by atoms with Gasteiger partial charge in [0.1, 0.15) is 4.99 Å². The van der Waals surface area contributed by atoms with E-state index in [0.717, 1.165) is 18.7 Å². The number of thiocarbonyl (C=S) groups is 1. The van der Waals surface area contributed by atoms with Crippen LogP contribution in [-0.4, -0.2) is 34.2 Å². The number of aliphatic hydroxyl groups excluding tert-OH is 1. The zero-order valence-electron chi connectivity index (χ0n) is 9.80. The first-order valence-electron chi connectivity index (χ1n) is 5.94. The average molecular weight is 250 g/mol. The molecule has 0 radical (unpaired) electrons. The highest BCUT2D eigenvalue weighted by Gasteiger charge is 2.28. The molecule has 0 aromatic heterocycles. The lowest BCUT2D eigenvalue weighted by Crippen LogP contribution is -2.28. The summed E-state index contributed by atoms with van der Waals surface area (Å²) in [6.45, 7) is 1.81. The van der Waals surface area contributed by atoms with Crippen LogP contribution in [0.4, 0.5) is 0 Å². The van der Waals surface area contributed by atoms with Crippen LogP contribution in [0.15, 0.2) is 24.3 Å². The molecule has 0 unspecified atom stereocenters. The molecule has 0 heterocycles. The van der Waals surface area contributed by atoms with Crippen molar-refractivity contribution in [2.45, 2.75) is 25.4 Å². The highest BCUT2D eigenvalue weighted by atomic mass is 32.1. The van der Waals surface area contributed by atoms with E-state index in [1.807, 2.05) is 18.2 Å². The largest absolute Gasteiger partial charge is 0.395 e. The van der Waals surface area contributed by atoms with E-state index in [4.69, 9.17) is 23.1 Å². The van der Waals surface area contributed by atoms with Gasteiger partial charge in [-0.25, -0.2) is 0 Å². The fourth-order valence-electron chi connectivity index (χ4n) is 2.02. The maximum atomic E-state index is 9.05. The van der Waals surface area contributed by atoms with Crippen LogP contribution in [0.25, 0.3) is 0 Å². The normalized spacial score (nSPS) is 15.2. The van der Waals surface area contributed by atoms with E-state index in [0.29, 0.717) is 11.0 Å². The van der Waals surface area contributed by atoms with Crippen LogP contribution in [0, 0.1) is 0 Å². The van der Waals surface area contributed by atoms with E-state index in [1.165, 1.54) is 18.4 Å². The molecule has 2 rings (SSSR count). The van der Waals surface area contributed by atoms with Gasteiger partial charge in [-0.2, -0.15) is 0 Å². The van der Waals surface area contributed by atoms with E-state index < -0.39 is 0 Å². The summed E-state index contributed by atoms with van der Waals surface area (Å²) in [5, 5.41) is 9.05. The van der Waals surface area contributed by atoms with Crippen molar-refractivity contribution in [2.75, 3.05) is 13.2 Å². The maximum Gasteiger partial charge on any atom is 0.103 e. The lowest BCUT2D eigenvalue weighted by atomic mass is 10.1. The number of hydrogen-bond donors (Lipinski definition) is 2. The summed E-state index contributed by atoms with van der Waals surface area (Å²) in [6.07, 6.45) is 2.49. The third kappa shape index (κ3) is 3.49. The monoisotopic (exact) mass is 250 g/mol. The van der Waals surface area contributed by atoms with E-state index in [2.05, 4.69) is 11.0 Å². The van der Waals surface area contributed by atoms with Gasteiger partial charge in [-0.3, -0.25) is 4.90 Å². The van der Waals surface area contributed by atoms with Gasteiger partial charge in [0.2, 0.25) is 0 Å². The molecule has 1 aromatic rings. The summed E-state index contributed by atoms with van der Waals surface area (Å²) in [5.74, 6) is 0. The third-order valence-electron chi connectivity index (χ3n) is 3.05. The van der Waals surface area contributed by atoms with Crippen molar-refractivity contribution in [1.29, 1.82) is 0 Å². The summed E-state index contributed by atoms with van der Waals surface area (Å²) in [5.41, 5.74) is 7.74. The Bertz CT molecular complexity index is 404. The first-order chi connectivity index (χ1) is 8.20. The lowest BCUT2D eigenvalue weighted by Gasteiger charge is -2.21. The summed E-state index contributed by atoms with van der Waals surface area (Å²) >= 11 is 4.97. The van der Waals surface area contributed by atoms with Crippen molar-refractivity contribution in [3.05, 3.63) is 35.4 Å². The van der Waals surface area contributed by atoms with Crippen molar-refractivity contribution in [2.24, 2.45) is 5.73 Å². The third-order valence-corrected chi connectivity index (χ3v) is 3.28. The molecule has 3 N–H and O–H groups in total. The van der Waals surface area contributed by atoms with Gasteiger partial charge in [0.05, 0.1) is 6.61 Å². The minimum Gasteiger partial charge on any atom is -0.395 e. The first kappa shape index (κ1) is 12.5. The van der Waals surface area contributed by atoms with Gasteiger partial charge in [0, 0.05) is 24.7 Å². The van der Waals surface area contributed by atoms with Crippen molar-refractivity contribution in [3.8, 4) is 0 Å². The Kier molecular flexibility index (Phi) is 4.10. The maximum absolute atomic E-state index is 9.05. The van der Waals surface area contributed by atoms with Crippen molar-refractivity contribution in [3.63, 3.8) is 0 Å². The standard InChI is InChI=1S/C13H18N2OS/c14-13(17)11-3-1-2-10(8-11)9-15(6-7-16)12-4-5-12/h1-3,8,12,16H,4-7,9H2,(H2,14,17). The van der Waals surface area contributed by atoms with Crippen LogP contribution in [0.3, 0.4) is 0 Å². The van der Waals surface area contributed by atoms with Crippen LogP contribution in [-0.2, 0) is 6.54 Å². The molecule has 92 valence electrons. The number of nitrogens with zero attached hydrogens (tertiary/aromatic N) is 1. The minimum atomic E-state index is 0.214. The first-order valence-corrected chi connectivity index (χ1v) is 6.35. The predicted octanol–water partition coefficient (Wildman–Crippen LogP) is 1.28. The Morgan fingerprint density at radius 2 is 2.24 bits per heavy atom. The zero-order valence-corrected chi connectivity index (χ0v) is 10.6. The Hall–Kier alpha value is -0.970. The number of rotatable bonds is 6. The minimum absolute atomic E-state index is 0.214. The molecule has 17 heavy (non-hydrogen) atoms. The molecule has 1 saturated carbocycles. The van der Waals surface area contributed by atoms with Gasteiger partial charge >= 0.3 is 0 Å². The lowest BCUT2D eigenvalue weighted by molar-refractivity contribution is 0.183.